The molecule has 1 fully saturated rings. The molecule has 4 heterocycles. The molecule has 9 heteroatoms. The van der Waals surface area contributed by atoms with Crippen LogP contribution in [0.25, 0.3) is 10.2 Å². The number of fused-ring (bicyclic) bond motifs is 1. The van der Waals surface area contributed by atoms with E-state index in [4.69, 9.17) is 9.15 Å². The molecule has 27 heavy (non-hydrogen) atoms. The minimum Gasteiger partial charge on any atom is -0.465 e. The molecule has 1 amide bonds. The number of piperazine rings is 1. The molecule has 8 nitrogen and oxygen atoms in total. The van der Waals surface area contributed by atoms with E-state index in [0.29, 0.717) is 36.8 Å². The first kappa shape index (κ1) is 17.5. The summed E-state index contributed by atoms with van der Waals surface area (Å²) in [6.07, 6.45) is 3.01. The Balaban J connectivity index is 1.58. The number of carbonyl (C=O) groups excluding carboxylic acids is 2. The highest BCUT2D eigenvalue weighted by Crippen LogP contribution is 2.35. The maximum atomic E-state index is 12.4. The van der Waals surface area contributed by atoms with Crippen LogP contribution in [-0.4, -0.2) is 60.0 Å². The summed E-state index contributed by atoms with van der Waals surface area (Å²) >= 11 is 1.31. The number of aryl methyl sites for hydroxylation is 1. The molecule has 1 aliphatic rings. The van der Waals surface area contributed by atoms with Crippen molar-refractivity contribution in [2.45, 2.75) is 6.92 Å². The SMILES string of the molecule is COC(=O)c1sc2ncnc(N3CCN(C(=O)c4ccco4)CC3)c2c1C. The fourth-order valence-corrected chi connectivity index (χ4v) is 4.32. The minimum atomic E-state index is -0.365. The van der Waals surface area contributed by atoms with Gasteiger partial charge in [0.05, 0.1) is 18.8 Å². The van der Waals surface area contributed by atoms with Crippen molar-refractivity contribution >= 4 is 39.2 Å². The number of nitrogens with zero attached hydrogens (tertiary/aromatic N) is 4. The van der Waals surface area contributed by atoms with E-state index in [0.717, 1.165) is 21.6 Å². The first-order valence-corrected chi connectivity index (χ1v) is 9.32. The molecule has 0 radical (unpaired) electrons. The number of esters is 1. The third-order valence-corrected chi connectivity index (χ3v) is 5.86. The van der Waals surface area contributed by atoms with E-state index in [1.165, 1.54) is 31.0 Å². The summed E-state index contributed by atoms with van der Waals surface area (Å²) in [6, 6.07) is 3.38. The number of aromatic nitrogens is 2. The zero-order chi connectivity index (χ0) is 19.0. The van der Waals surface area contributed by atoms with Gasteiger partial charge in [-0.05, 0) is 24.6 Å². The Labute approximate surface area is 159 Å². The first-order valence-electron chi connectivity index (χ1n) is 8.50. The Morgan fingerprint density at radius 1 is 1.22 bits per heavy atom. The molecule has 0 atom stereocenters. The Morgan fingerprint density at radius 2 is 2.00 bits per heavy atom. The lowest BCUT2D eigenvalue weighted by Crippen LogP contribution is -2.49. The van der Waals surface area contributed by atoms with Crippen molar-refractivity contribution in [3.63, 3.8) is 0 Å². The van der Waals surface area contributed by atoms with Crippen molar-refractivity contribution in [2.75, 3.05) is 38.2 Å². The molecule has 0 aliphatic carbocycles. The summed E-state index contributed by atoms with van der Waals surface area (Å²) in [5, 5.41) is 0.869. The lowest BCUT2D eigenvalue weighted by molar-refractivity contribution is 0.0605. The molecule has 4 rings (SSSR count). The smallest absolute Gasteiger partial charge is 0.348 e. The average molecular weight is 386 g/mol. The van der Waals surface area contributed by atoms with Crippen LogP contribution < -0.4 is 4.90 Å². The number of methoxy groups -OCH3 is 1. The Bertz CT molecular complexity index is 990. The number of carbonyl (C=O) groups is 2. The molecule has 0 unspecified atom stereocenters. The van der Waals surface area contributed by atoms with E-state index in [1.54, 1.807) is 17.0 Å². The lowest BCUT2D eigenvalue weighted by Gasteiger charge is -2.35. The van der Waals surface area contributed by atoms with Crippen molar-refractivity contribution in [1.29, 1.82) is 0 Å². The van der Waals surface area contributed by atoms with Gasteiger partial charge in [0.25, 0.3) is 5.91 Å². The third kappa shape index (κ3) is 3.03. The van der Waals surface area contributed by atoms with Crippen molar-refractivity contribution < 1.29 is 18.7 Å². The Kier molecular flexibility index (Phi) is 4.53. The zero-order valence-electron chi connectivity index (χ0n) is 15.0. The van der Waals surface area contributed by atoms with E-state index in [9.17, 15) is 9.59 Å². The molecule has 140 valence electrons. The fraction of sp³-hybridized carbons (Fsp3) is 0.333. The standard InChI is InChI=1S/C18H18N4O4S/c1-11-13-15(19-10-20-16(13)27-14(11)18(24)25-2)21-5-7-22(8-6-21)17(23)12-4-3-9-26-12/h3-4,9-10H,5-8H2,1-2H3. The number of hydrogen-bond acceptors (Lipinski definition) is 8. The maximum absolute atomic E-state index is 12.4. The molecular weight excluding hydrogens is 368 g/mol. The van der Waals surface area contributed by atoms with E-state index >= 15 is 0 Å². The molecule has 1 saturated heterocycles. The summed E-state index contributed by atoms with van der Waals surface area (Å²) in [4.78, 5) is 38.4. The van der Waals surface area contributed by atoms with Crippen LogP contribution in [0.5, 0.6) is 0 Å². The number of rotatable bonds is 3. The van der Waals surface area contributed by atoms with Crippen molar-refractivity contribution in [3.05, 3.63) is 40.9 Å². The van der Waals surface area contributed by atoms with Gasteiger partial charge < -0.3 is 19.0 Å². The van der Waals surface area contributed by atoms with Gasteiger partial charge in [-0.1, -0.05) is 0 Å². The van der Waals surface area contributed by atoms with Crippen LogP contribution in [0.4, 0.5) is 5.82 Å². The molecule has 0 aromatic carbocycles. The van der Waals surface area contributed by atoms with Gasteiger partial charge in [-0.15, -0.1) is 11.3 Å². The van der Waals surface area contributed by atoms with Gasteiger partial charge in [-0.25, -0.2) is 14.8 Å². The van der Waals surface area contributed by atoms with Crippen molar-refractivity contribution in [1.82, 2.24) is 14.9 Å². The van der Waals surface area contributed by atoms with Gasteiger partial charge in [0.1, 0.15) is 21.9 Å². The number of ether oxygens (including phenoxy) is 1. The van der Waals surface area contributed by atoms with Crippen LogP contribution in [0.2, 0.25) is 0 Å². The molecular formula is C18H18N4O4S. The summed E-state index contributed by atoms with van der Waals surface area (Å²) in [7, 11) is 1.37. The van der Waals surface area contributed by atoms with Gasteiger partial charge >= 0.3 is 5.97 Å². The summed E-state index contributed by atoms with van der Waals surface area (Å²) < 4.78 is 10.1. The molecule has 1 aliphatic heterocycles. The Morgan fingerprint density at radius 3 is 2.67 bits per heavy atom. The van der Waals surface area contributed by atoms with Crippen molar-refractivity contribution in [3.8, 4) is 0 Å². The van der Waals surface area contributed by atoms with Crippen LogP contribution >= 0.6 is 11.3 Å². The second-order valence-electron chi connectivity index (χ2n) is 6.18. The number of thiophene rings is 1. The third-order valence-electron chi connectivity index (χ3n) is 4.68. The number of furan rings is 1. The molecule has 0 bridgehead atoms. The maximum Gasteiger partial charge on any atom is 0.348 e. The largest absolute Gasteiger partial charge is 0.465 e. The van der Waals surface area contributed by atoms with Gasteiger partial charge in [-0.3, -0.25) is 4.79 Å². The number of hydrogen-bond donors (Lipinski definition) is 0. The quantitative estimate of drug-likeness (QED) is 0.638. The first-order chi connectivity index (χ1) is 13.1. The highest BCUT2D eigenvalue weighted by atomic mass is 32.1. The van der Waals surface area contributed by atoms with Crippen LogP contribution in [0.1, 0.15) is 25.8 Å². The summed E-state index contributed by atoms with van der Waals surface area (Å²) in [5.41, 5.74) is 0.826. The van der Waals surface area contributed by atoms with E-state index in [2.05, 4.69) is 14.9 Å². The van der Waals surface area contributed by atoms with E-state index in [-0.39, 0.29) is 11.9 Å². The second-order valence-corrected chi connectivity index (χ2v) is 7.18. The average Bonchev–Trinajstić information content (AvgIpc) is 3.35. The van der Waals surface area contributed by atoms with Gasteiger partial charge in [0, 0.05) is 26.2 Å². The van der Waals surface area contributed by atoms with Crippen LogP contribution in [-0.2, 0) is 4.74 Å². The minimum absolute atomic E-state index is 0.104. The van der Waals surface area contributed by atoms with E-state index in [1.807, 2.05) is 6.92 Å². The van der Waals surface area contributed by atoms with Gasteiger partial charge in [0.15, 0.2) is 5.76 Å². The molecule has 0 N–H and O–H groups in total. The van der Waals surface area contributed by atoms with Gasteiger partial charge in [0.2, 0.25) is 0 Å². The predicted molar refractivity (Wildman–Crippen MR) is 100 cm³/mol. The monoisotopic (exact) mass is 386 g/mol. The Hall–Kier alpha value is -2.94. The summed E-state index contributed by atoms with van der Waals surface area (Å²) in [5.74, 6) is 0.667. The molecule has 3 aromatic rings. The normalized spacial score (nSPS) is 14.6. The van der Waals surface area contributed by atoms with Gasteiger partial charge in [-0.2, -0.15) is 0 Å². The van der Waals surface area contributed by atoms with Crippen LogP contribution in [0, 0.1) is 6.92 Å². The fourth-order valence-electron chi connectivity index (χ4n) is 3.26. The molecule has 3 aromatic heterocycles. The highest BCUT2D eigenvalue weighted by Gasteiger charge is 2.27. The topological polar surface area (TPSA) is 88.8 Å². The zero-order valence-corrected chi connectivity index (χ0v) is 15.8. The number of anilines is 1. The van der Waals surface area contributed by atoms with Crippen molar-refractivity contribution in [2.24, 2.45) is 0 Å². The second kappa shape index (κ2) is 6.99. The predicted octanol–water partition coefficient (Wildman–Crippen LogP) is 2.34. The molecule has 0 saturated carbocycles. The van der Waals surface area contributed by atoms with E-state index < -0.39 is 0 Å². The summed E-state index contributed by atoms with van der Waals surface area (Å²) in [6.45, 7) is 4.30. The lowest BCUT2D eigenvalue weighted by atomic mass is 10.2. The van der Waals surface area contributed by atoms with Crippen LogP contribution in [0.15, 0.2) is 29.1 Å². The highest BCUT2D eigenvalue weighted by molar-refractivity contribution is 7.20. The molecule has 0 spiro atoms. The van der Waals surface area contributed by atoms with Crippen LogP contribution in [0.3, 0.4) is 0 Å². The number of amides is 1.